The zero-order chi connectivity index (χ0) is 16.8. The fourth-order valence-electron chi connectivity index (χ4n) is 2.64. The summed E-state index contributed by atoms with van der Waals surface area (Å²) in [6, 6.07) is 4.92. The molecule has 0 spiro atoms. The molecule has 1 amide bonds. The summed E-state index contributed by atoms with van der Waals surface area (Å²) in [5, 5.41) is 7.15. The number of fused-ring (bicyclic) bond motifs is 1. The zero-order valence-electron chi connectivity index (χ0n) is 13.7. The largest absolute Gasteiger partial charge is 0.444 e. The lowest BCUT2D eigenvalue weighted by molar-refractivity contribution is 0.0240. The Labute approximate surface area is 134 Å². The molecule has 1 aliphatic heterocycles. The molecular weight excluding hydrogens is 297 g/mol. The highest BCUT2D eigenvalue weighted by Crippen LogP contribution is 2.33. The second-order valence-corrected chi connectivity index (χ2v) is 6.85. The molecule has 1 N–H and O–H groups in total. The summed E-state index contributed by atoms with van der Waals surface area (Å²) in [6.07, 6.45) is -0.377. The maximum Gasteiger partial charge on any atom is 0.410 e. The molecular formula is C17H20FN3O2. The third-order valence-electron chi connectivity index (χ3n) is 3.68. The molecule has 0 bridgehead atoms. The Hall–Kier alpha value is -2.37. The van der Waals surface area contributed by atoms with Gasteiger partial charge in [0.2, 0.25) is 0 Å². The molecule has 0 radical (unpaired) electrons. The van der Waals surface area contributed by atoms with Crippen LogP contribution in [0, 0.1) is 12.7 Å². The molecule has 0 saturated heterocycles. The second kappa shape index (κ2) is 5.37. The van der Waals surface area contributed by atoms with Crippen LogP contribution < -0.4 is 0 Å². The first-order valence-corrected chi connectivity index (χ1v) is 7.55. The van der Waals surface area contributed by atoms with E-state index in [0.29, 0.717) is 24.3 Å². The average Bonchev–Trinajstić information content (AvgIpc) is 2.99. The quantitative estimate of drug-likeness (QED) is 0.871. The molecule has 122 valence electrons. The van der Waals surface area contributed by atoms with Gasteiger partial charge in [-0.3, -0.25) is 10.00 Å². The lowest BCUT2D eigenvalue weighted by atomic mass is 10.0. The van der Waals surface area contributed by atoms with Gasteiger partial charge in [-0.15, -0.1) is 0 Å². The van der Waals surface area contributed by atoms with Gasteiger partial charge in [-0.1, -0.05) is 11.6 Å². The Morgan fingerprint density at radius 3 is 2.78 bits per heavy atom. The van der Waals surface area contributed by atoms with Gasteiger partial charge in [0, 0.05) is 11.1 Å². The Morgan fingerprint density at radius 1 is 1.35 bits per heavy atom. The number of hydrogen-bond donors (Lipinski definition) is 1. The van der Waals surface area contributed by atoms with Crippen molar-refractivity contribution in [2.75, 3.05) is 0 Å². The fourth-order valence-corrected chi connectivity index (χ4v) is 2.64. The van der Waals surface area contributed by atoms with Crippen molar-refractivity contribution >= 4 is 6.09 Å². The molecule has 0 fully saturated rings. The maximum atomic E-state index is 14.1. The summed E-state index contributed by atoms with van der Waals surface area (Å²) in [6.45, 7) is 8.15. The highest BCUT2D eigenvalue weighted by Gasteiger charge is 2.32. The number of hydrogen-bond acceptors (Lipinski definition) is 3. The third kappa shape index (κ3) is 3.06. The van der Waals surface area contributed by atoms with E-state index < -0.39 is 5.60 Å². The fraction of sp³-hybridized carbons (Fsp3) is 0.412. The average molecular weight is 317 g/mol. The first-order chi connectivity index (χ1) is 10.7. The van der Waals surface area contributed by atoms with Crippen molar-refractivity contribution in [3.8, 4) is 11.3 Å². The van der Waals surface area contributed by atoms with Crippen molar-refractivity contribution < 1.29 is 13.9 Å². The second-order valence-electron chi connectivity index (χ2n) is 6.85. The van der Waals surface area contributed by atoms with Crippen LogP contribution in [0.25, 0.3) is 11.3 Å². The minimum Gasteiger partial charge on any atom is -0.444 e. The van der Waals surface area contributed by atoms with Crippen LogP contribution in [0.2, 0.25) is 0 Å². The van der Waals surface area contributed by atoms with E-state index in [-0.39, 0.29) is 11.9 Å². The number of carbonyl (C=O) groups is 1. The van der Waals surface area contributed by atoms with Crippen LogP contribution in [0.3, 0.4) is 0 Å². The number of aromatic amines is 1. The number of nitrogens with zero attached hydrogens (tertiary/aromatic N) is 2. The summed E-state index contributed by atoms with van der Waals surface area (Å²) in [7, 11) is 0. The van der Waals surface area contributed by atoms with Gasteiger partial charge >= 0.3 is 6.09 Å². The van der Waals surface area contributed by atoms with E-state index in [9.17, 15) is 9.18 Å². The SMILES string of the molecule is Cc1ccc(F)c(-c2n[nH]c3c2CN(C(=O)OC(C)(C)C)C3)c1. The molecule has 1 aromatic carbocycles. The van der Waals surface area contributed by atoms with Crippen molar-refractivity contribution in [3.63, 3.8) is 0 Å². The lowest BCUT2D eigenvalue weighted by Gasteiger charge is -2.24. The number of benzene rings is 1. The van der Waals surface area contributed by atoms with Crippen LogP contribution in [0.4, 0.5) is 9.18 Å². The number of halogens is 1. The van der Waals surface area contributed by atoms with Gasteiger partial charge in [0.15, 0.2) is 0 Å². The minimum absolute atomic E-state index is 0.319. The first kappa shape index (κ1) is 15.5. The van der Waals surface area contributed by atoms with Gasteiger partial charge in [-0.2, -0.15) is 5.10 Å². The van der Waals surface area contributed by atoms with E-state index in [0.717, 1.165) is 16.8 Å². The molecule has 0 aliphatic carbocycles. The van der Waals surface area contributed by atoms with Crippen molar-refractivity contribution in [3.05, 3.63) is 40.8 Å². The standard InChI is InChI=1S/C17H20FN3O2/c1-10-5-6-13(18)11(7-10)15-12-8-21(9-14(12)19-20-15)16(22)23-17(2,3)4/h5-7H,8-9H2,1-4H3,(H,19,20). The lowest BCUT2D eigenvalue weighted by Crippen LogP contribution is -2.33. The van der Waals surface area contributed by atoms with Gasteiger partial charge in [-0.25, -0.2) is 9.18 Å². The van der Waals surface area contributed by atoms with Crippen LogP contribution in [-0.4, -0.2) is 26.8 Å². The summed E-state index contributed by atoms with van der Waals surface area (Å²) >= 11 is 0. The predicted octanol–water partition coefficient (Wildman–Crippen LogP) is 3.77. The zero-order valence-corrected chi connectivity index (χ0v) is 13.7. The van der Waals surface area contributed by atoms with Crippen LogP contribution >= 0.6 is 0 Å². The third-order valence-corrected chi connectivity index (χ3v) is 3.68. The highest BCUT2D eigenvalue weighted by atomic mass is 19.1. The number of nitrogens with one attached hydrogen (secondary N) is 1. The van der Waals surface area contributed by atoms with Crippen molar-refractivity contribution in [1.29, 1.82) is 0 Å². The highest BCUT2D eigenvalue weighted by molar-refractivity contribution is 5.72. The monoisotopic (exact) mass is 317 g/mol. The maximum absolute atomic E-state index is 14.1. The van der Waals surface area contributed by atoms with E-state index in [1.54, 1.807) is 17.0 Å². The van der Waals surface area contributed by atoms with Crippen LogP contribution in [0.1, 0.15) is 37.6 Å². The van der Waals surface area contributed by atoms with Crippen LogP contribution in [0.15, 0.2) is 18.2 Å². The molecule has 2 aromatic rings. The smallest absolute Gasteiger partial charge is 0.410 e. The van der Waals surface area contributed by atoms with E-state index in [1.807, 2.05) is 27.7 Å². The molecule has 6 heteroatoms. The van der Waals surface area contributed by atoms with Gasteiger partial charge in [0.25, 0.3) is 0 Å². The Kier molecular flexibility index (Phi) is 3.62. The summed E-state index contributed by atoms with van der Waals surface area (Å²) in [4.78, 5) is 13.8. The Morgan fingerprint density at radius 2 is 2.09 bits per heavy atom. The van der Waals surface area contributed by atoms with E-state index in [4.69, 9.17) is 4.74 Å². The van der Waals surface area contributed by atoms with Gasteiger partial charge in [-0.05, 0) is 39.8 Å². The molecule has 1 aromatic heterocycles. The summed E-state index contributed by atoms with van der Waals surface area (Å²) in [5.74, 6) is -0.319. The first-order valence-electron chi connectivity index (χ1n) is 7.55. The molecule has 5 nitrogen and oxygen atoms in total. The minimum atomic E-state index is -0.545. The summed E-state index contributed by atoms with van der Waals surface area (Å²) < 4.78 is 19.5. The Bertz CT molecular complexity index is 762. The molecule has 0 unspecified atom stereocenters. The van der Waals surface area contributed by atoms with Crippen LogP contribution in [-0.2, 0) is 17.8 Å². The van der Waals surface area contributed by atoms with Crippen molar-refractivity contribution in [2.45, 2.75) is 46.4 Å². The number of carbonyl (C=O) groups excluding carboxylic acids is 1. The van der Waals surface area contributed by atoms with Crippen molar-refractivity contribution in [2.24, 2.45) is 0 Å². The number of amides is 1. The van der Waals surface area contributed by atoms with Gasteiger partial charge in [0.05, 0.1) is 18.8 Å². The molecule has 23 heavy (non-hydrogen) atoms. The predicted molar refractivity (Wildman–Crippen MR) is 84.2 cm³/mol. The number of rotatable bonds is 1. The normalized spacial score (nSPS) is 14.0. The van der Waals surface area contributed by atoms with E-state index in [2.05, 4.69) is 10.2 Å². The molecule has 2 heterocycles. The number of aromatic nitrogens is 2. The van der Waals surface area contributed by atoms with Crippen molar-refractivity contribution in [1.82, 2.24) is 15.1 Å². The number of H-pyrrole nitrogens is 1. The van der Waals surface area contributed by atoms with E-state index >= 15 is 0 Å². The van der Waals surface area contributed by atoms with E-state index in [1.165, 1.54) is 6.07 Å². The number of ether oxygens (including phenoxy) is 1. The molecule has 3 rings (SSSR count). The van der Waals surface area contributed by atoms with Gasteiger partial charge < -0.3 is 4.74 Å². The Balaban J connectivity index is 1.87. The topological polar surface area (TPSA) is 58.2 Å². The molecule has 0 atom stereocenters. The number of aryl methyl sites for hydroxylation is 1. The summed E-state index contributed by atoms with van der Waals surface area (Å²) in [5.41, 5.74) is 3.10. The molecule has 0 saturated carbocycles. The van der Waals surface area contributed by atoms with Crippen LogP contribution in [0.5, 0.6) is 0 Å². The van der Waals surface area contributed by atoms with Gasteiger partial charge in [0.1, 0.15) is 17.1 Å². The molecule has 1 aliphatic rings.